The molecule has 0 bridgehead atoms. The van der Waals surface area contributed by atoms with Gasteiger partial charge in [-0.1, -0.05) is 42.5 Å². The topological polar surface area (TPSA) is 0 Å². The van der Waals surface area contributed by atoms with E-state index in [0.29, 0.717) is 0 Å². The minimum atomic E-state index is -8.55. The molecule has 94 valence electrons. The van der Waals surface area contributed by atoms with Gasteiger partial charge in [0.25, 0.3) is 0 Å². The van der Waals surface area contributed by atoms with Gasteiger partial charge in [0.15, 0.2) is 0 Å². The van der Waals surface area contributed by atoms with Crippen LogP contribution in [0.4, 0.5) is 21.0 Å². The third-order valence-corrected chi connectivity index (χ3v) is 2.01. The van der Waals surface area contributed by atoms with Gasteiger partial charge in [-0.15, -0.1) is 0 Å². The van der Waals surface area contributed by atoms with E-state index in [4.69, 9.17) is 0 Å². The molecule has 0 saturated heterocycles. The van der Waals surface area contributed by atoms with E-state index in [1.807, 2.05) is 0 Å². The van der Waals surface area contributed by atoms with Gasteiger partial charge in [0.1, 0.15) is 0 Å². The predicted molar refractivity (Wildman–Crippen MR) is 61.1 cm³/mol. The van der Waals surface area contributed by atoms with Crippen molar-refractivity contribution in [1.82, 2.24) is 0 Å². The Hall–Kier alpha value is -1.22. The molecule has 2 aromatic rings. The summed E-state index contributed by atoms with van der Waals surface area (Å²) in [5, 5.41) is 2.68. The first kappa shape index (κ1) is 13.8. The first-order valence-electron chi connectivity index (χ1n) is 4.67. The summed E-state index contributed by atoms with van der Waals surface area (Å²) in [5.41, 5.74) is 1.35. The third-order valence-electron chi connectivity index (χ3n) is 2.01. The summed E-state index contributed by atoms with van der Waals surface area (Å²) in [6.45, 7) is 2.14. The molecule has 0 fully saturated rings. The second kappa shape index (κ2) is 4.57. The molecule has 2 aromatic carbocycles. The molecule has 0 atom stereocenters. The Morgan fingerprint density at radius 1 is 0.765 bits per heavy atom. The van der Waals surface area contributed by atoms with E-state index >= 15 is 0 Å². The van der Waals surface area contributed by atoms with Crippen LogP contribution in [-0.2, 0) is 0 Å². The summed E-state index contributed by atoms with van der Waals surface area (Å²) in [5.74, 6) is 0. The van der Waals surface area contributed by atoms with Gasteiger partial charge in [-0.2, -0.15) is 0 Å². The second-order valence-corrected chi connectivity index (χ2v) is 4.71. The van der Waals surface area contributed by atoms with Crippen LogP contribution >= 0.6 is 8.16 Å². The van der Waals surface area contributed by atoms with Crippen molar-refractivity contribution in [3.05, 3.63) is 48.0 Å². The third kappa shape index (κ3) is 6.17. The van der Waals surface area contributed by atoms with Crippen molar-refractivity contribution < 1.29 is 21.0 Å². The number of fused-ring (bicyclic) bond motifs is 1. The Morgan fingerprint density at radius 2 is 1.24 bits per heavy atom. The van der Waals surface area contributed by atoms with Crippen LogP contribution in [0.5, 0.6) is 0 Å². The predicted octanol–water partition coefficient (Wildman–Crippen LogP) is 6.11. The van der Waals surface area contributed by atoms with Gasteiger partial charge in [-0.05, 0) is 23.3 Å². The van der Waals surface area contributed by atoms with Crippen molar-refractivity contribution in [2.24, 2.45) is 0 Å². The van der Waals surface area contributed by atoms with E-state index < -0.39 is 8.16 Å². The number of hydrogen-bond donors (Lipinski definition) is 0. The van der Waals surface area contributed by atoms with E-state index in [1.54, 1.807) is 0 Å². The van der Waals surface area contributed by atoms with Crippen molar-refractivity contribution in [3.63, 3.8) is 0 Å². The first-order chi connectivity index (χ1) is 7.61. The molecule has 0 spiro atoms. The summed E-state index contributed by atoms with van der Waals surface area (Å²) in [6, 6.07) is 14.8. The molecule has 0 aliphatic rings. The molecule has 2 rings (SSSR count). The van der Waals surface area contributed by atoms with Crippen LogP contribution in [0, 0.1) is 6.92 Å². The fourth-order valence-corrected chi connectivity index (χ4v) is 1.39. The minimum absolute atomic E-state index is 1.33. The van der Waals surface area contributed by atoms with Crippen molar-refractivity contribution in [1.29, 1.82) is 0 Å². The Morgan fingerprint density at radius 3 is 1.76 bits per heavy atom. The standard InChI is InChI=1S/C11H10.F5P/c1-9-5-4-7-10-6-2-3-8-11(9)10;1-6(2,3,4)5/h2-8H,1H3;. The Kier molecular flexibility index (Phi) is 3.72. The number of aryl methyl sites for hydroxylation is 1. The molecular weight excluding hydrogens is 258 g/mol. The summed E-state index contributed by atoms with van der Waals surface area (Å²) in [6.07, 6.45) is 0. The van der Waals surface area contributed by atoms with E-state index in [-0.39, 0.29) is 0 Å². The Balaban J connectivity index is 0.000000209. The molecule has 0 heterocycles. The molecule has 0 unspecified atom stereocenters. The summed E-state index contributed by atoms with van der Waals surface area (Å²) in [7, 11) is -8.55. The maximum atomic E-state index is 9.84. The van der Waals surface area contributed by atoms with Gasteiger partial charge in [-0.3, -0.25) is 0 Å². The average molecular weight is 268 g/mol. The number of benzene rings is 2. The van der Waals surface area contributed by atoms with E-state index in [1.165, 1.54) is 16.3 Å². The van der Waals surface area contributed by atoms with Crippen LogP contribution in [0.2, 0.25) is 0 Å². The van der Waals surface area contributed by atoms with Crippen molar-refractivity contribution in [2.45, 2.75) is 6.92 Å². The first-order valence-corrected chi connectivity index (χ1v) is 6.36. The molecule has 0 aromatic heterocycles. The monoisotopic (exact) mass is 268 g/mol. The van der Waals surface area contributed by atoms with Crippen molar-refractivity contribution in [3.8, 4) is 0 Å². The van der Waals surface area contributed by atoms with Gasteiger partial charge in [0, 0.05) is 0 Å². The van der Waals surface area contributed by atoms with Crippen LogP contribution in [-0.4, -0.2) is 0 Å². The molecule has 0 nitrogen and oxygen atoms in total. The average Bonchev–Trinajstić information content (AvgIpc) is 2.15. The van der Waals surface area contributed by atoms with Gasteiger partial charge < -0.3 is 0 Å². The number of hydrogen-bond acceptors (Lipinski definition) is 0. The quantitative estimate of drug-likeness (QED) is 0.399. The summed E-state index contributed by atoms with van der Waals surface area (Å²) >= 11 is 0. The molecule has 0 radical (unpaired) electrons. The van der Waals surface area contributed by atoms with Crippen LogP contribution in [0.1, 0.15) is 5.56 Å². The molecule has 6 heteroatoms. The zero-order chi connectivity index (χ0) is 13.1. The molecule has 0 amide bonds. The molecule has 0 aliphatic carbocycles. The fourth-order valence-electron chi connectivity index (χ4n) is 1.39. The van der Waals surface area contributed by atoms with Gasteiger partial charge in [0.2, 0.25) is 0 Å². The Bertz CT molecular complexity index is 494. The van der Waals surface area contributed by atoms with Crippen LogP contribution in [0.25, 0.3) is 10.8 Å². The van der Waals surface area contributed by atoms with Crippen LogP contribution in [0.3, 0.4) is 0 Å². The fraction of sp³-hybridized carbons (Fsp3) is 0.0909. The second-order valence-electron chi connectivity index (χ2n) is 3.43. The summed E-state index contributed by atoms with van der Waals surface area (Å²) < 4.78 is 49.2. The Labute approximate surface area is 95.6 Å². The van der Waals surface area contributed by atoms with Gasteiger partial charge in [0.05, 0.1) is 0 Å². The van der Waals surface area contributed by atoms with Gasteiger partial charge in [-0.25, -0.2) is 0 Å². The zero-order valence-corrected chi connectivity index (χ0v) is 9.77. The zero-order valence-electron chi connectivity index (χ0n) is 8.88. The summed E-state index contributed by atoms with van der Waals surface area (Å²) in [4.78, 5) is 0. The number of halogens is 5. The van der Waals surface area contributed by atoms with E-state index in [2.05, 4.69) is 49.4 Å². The molecule has 17 heavy (non-hydrogen) atoms. The number of rotatable bonds is 0. The van der Waals surface area contributed by atoms with E-state index in [9.17, 15) is 21.0 Å². The molecular formula is C11H10F5P. The van der Waals surface area contributed by atoms with Crippen molar-refractivity contribution in [2.75, 3.05) is 0 Å². The normalized spacial score (nSPS) is 13.4. The van der Waals surface area contributed by atoms with Gasteiger partial charge >= 0.3 is 29.1 Å². The van der Waals surface area contributed by atoms with Crippen LogP contribution < -0.4 is 0 Å². The molecule has 0 aliphatic heterocycles. The maximum absolute atomic E-state index is 9.84. The van der Waals surface area contributed by atoms with Crippen molar-refractivity contribution >= 4 is 18.9 Å². The van der Waals surface area contributed by atoms with E-state index in [0.717, 1.165) is 0 Å². The van der Waals surface area contributed by atoms with Crippen LogP contribution in [0.15, 0.2) is 42.5 Å². The molecule has 0 N–H and O–H groups in total. The molecule has 0 saturated carbocycles. The SMILES string of the molecule is Cc1cccc2ccccc12.FP(F)(F)(F)F.